The molecule has 2 aliphatic heterocycles. The molecule has 0 atom stereocenters. The molecular weight excluding hydrogens is 360 g/mol. The molecule has 0 bridgehead atoms. The number of nitrogens with one attached hydrogen (secondary N) is 1. The van der Waals surface area contributed by atoms with E-state index in [4.69, 9.17) is 4.42 Å². The van der Waals surface area contributed by atoms with Crippen molar-refractivity contribution < 1.29 is 9.21 Å². The van der Waals surface area contributed by atoms with Gasteiger partial charge in [0.05, 0.1) is 23.4 Å². The molecule has 0 saturated heterocycles. The number of nitrogens with zero attached hydrogens (tertiary/aromatic N) is 3. The maximum Gasteiger partial charge on any atom is 0.260 e. The monoisotopic (exact) mass is 372 g/mol. The van der Waals surface area contributed by atoms with Crippen molar-refractivity contribution >= 4 is 45.6 Å². The van der Waals surface area contributed by atoms with E-state index >= 15 is 0 Å². The summed E-state index contributed by atoms with van der Waals surface area (Å²) in [6.07, 6.45) is 1.70. The Morgan fingerprint density at radius 1 is 1.39 bits per heavy atom. The molecule has 4 rings (SSSR count). The Morgan fingerprint density at radius 2 is 2.22 bits per heavy atom. The number of benzene rings is 1. The summed E-state index contributed by atoms with van der Waals surface area (Å²) in [7, 11) is 0. The van der Waals surface area contributed by atoms with E-state index in [1.165, 1.54) is 0 Å². The first-order valence-electron chi connectivity index (χ1n) is 7.20. The zero-order chi connectivity index (χ0) is 16.0. The SMILES string of the molecule is Cc1oc2c(c1C(=O)Nc1ccccc1Br)C1=NCCN1C=N2. The first kappa shape index (κ1) is 14.2. The smallest absolute Gasteiger partial charge is 0.260 e. The maximum absolute atomic E-state index is 12.8. The molecule has 1 aromatic carbocycles. The zero-order valence-electron chi connectivity index (χ0n) is 12.3. The van der Waals surface area contributed by atoms with Gasteiger partial charge in [-0.2, -0.15) is 0 Å². The molecule has 2 aromatic rings. The van der Waals surface area contributed by atoms with Crippen LogP contribution in [-0.4, -0.2) is 36.1 Å². The minimum absolute atomic E-state index is 0.231. The number of hydrogen-bond donors (Lipinski definition) is 1. The number of carbonyl (C=O) groups excluding carboxylic acids is 1. The molecule has 0 fully saturated rings. The first-order chi connectivity index (χ1) is 11.1. The molecule has 2 aliphatic rings. The lowest BCUT2D eigenvalue weighted by Crippen LogP contribution is -2.30. The normalized spacial score (nSPS) is 15.2. The van der Waals surface area contributed by atoms with Crippen LogP contribution in [0.4, 0.5) is 11.6 Å². The molecule has 0 spiro atoms. The Balaban J connectivity index is 1.76. The number of para-hydroxylation sites is 1. The first-order valence-corrected chi connectivity index (χ1v) is 7.99. The number of anilines is 1. The fourth-order valence-electron chi connectivity index (χ4n) is 2.77. The number of fused-ring (bicyclic) bond motifs is 3. The van der Waals surface area contributed by atoms with Crippen LogP contribution in [0.3, 0.4) is 0 Å². The Kier molecular flexibility index (Phi) is 3.30. The van der Waals surface area contributed by atoms with Crippen molar-refractivity contribution in [3.63, 3.8) is 0 Å². The van der Waals surface area contributed by atoms with E-state index in [2.05, 4.69) is 31.2 Å². The van der Waals surface area contributed by atoms with Gasteiger partial charge < -0.3 is 14.6 Å². The van der Waals surface area contributed by atoms with Crippen LogP contribution in [0.15, 0.2) is 43.1 Å². The van der Waals surface area contributed by atoms with Gasteiger partial charge in [0.25, 0.3) is 5.91 Å². The highest BCUT2D eigenvalue weighted by molar-refractivity contribution is 9.10. The van der Waals surface area contributed by atoms with Crippen molar-refractivity contribution in [1.29, 1.82) is 0 Å². The van der Waals surface area contributed by atoms with Crippen LogP contribution in [-0.2, 0) is 0 Å². The molecule has 116 valence electrons. The molecule has 1 aromatic heterocycles. The summed E-state index contributed by atoms with van der Waals surface area (Å²) >= 11 is 3.43. The number of carbonyl (C=O) groups is 1. The fraction of sp³-hybridized carbons (Fsp3) is 0.188. The third-order valence-electron chi connectivity index (χ3n) is 3.83. The topological polar surface area (TPSA) is 70.2 Å². The molecule has 0 radical (unpaired) electrons. The number of aryl methyl sites for hydroxylation is 1. The highest BCUT2D eigenvalue weighted by Gasteiger charge is 2.33. The second-order valence-corrected chi connectivity index (χ2v) is 6.14. The lowest BCUT2D eigenvalue weighted by Gasteiger charge is -2.18. The Bertz CT molecular complexity index is 869. The van der Waals surface area contributed by atoms with E-state index in [0.29, 0.717) is 35.0 Å². The molecule has 3 heterocycles. The van der Waals surface area contributed by atoms with E-state index in [1.807, 2.05) is 29.2 Å². The summed E-state index contributed by atoms with van der Waals surface area (Å²) in [5, 5.41) is 2.91. The second kappa shape index (κ2) is 5.34. The number of amides is 1. The average Bonchev–Trinajstić information content (AvgIpc) is 3.12. The van der Waals surface area contributed by atoms with Crippen molar-refractivity contribution in [2.24, 2.45) is 9.98 Å². The van der Waals surface area contributed by atoms with Crippen molar-refractivity contribution in [3.8, 4) is 0 Å². The lowest BCUT2D eigenvalue weighted by molar-refractivity contribution is 0.102. The summed E-state index contributed by atoms with van der Waals surface area (Å²) < 4.78 is 6.48. The average molecular weight is 373 g/mol. The molecule has 0 saturated carbocycles. The summed E-state index contributed by atoms with van der Waals surface area (Å²) in [5.74, 6) is 1.50. The van der Waals surface area contributed by atoms with Crippen LogP contribution in [0.2, 0.25) is 0 Å². The number of amidine groups is 1. The maximum atomic E-state index is 12.8. The zero-order valence-corrected chi connectivity index (χ0v) is 13.9. The van der Waals surface area contributed by atoms with Gasteiger partial charge in [-0.05, 0) is 35.0 Å². The Morgan fingerprint density at radius 3 is 3.04 bits per heavy atom. The third kappa shape index (κ3) is 2.28. The van der Waals surface area contributed by atoms with Gasteiger partial charge in [-0.15, -0.1) is 0 Å². The molecule has 23 heavy (non-hydrogen) atoms. The molecule has 1 N–H and O–H groups in total. The fourth-order valence-corrected chi connectivity index (χ4v) is 3.15. The van der Waals surface area contributed by atoms with Crippen LogP contribution < -0.4 is 5.32 Å². The highest BCUT2D eigenvalue weighted by Crippen LogP contribution is 2.35. The lowest BCUT2D eigenvalue weighted by atomic mass is 10.1. The molecule has 1 amide bonds. The van der Waals surface area contributed by atoms with E-state index in [1.54, 1.807) is 13.3 Å². The van der Waals surface area contributed by atoms with Gasteiger partial charge in [0.15, 0.2) is 0 Å². The number of furan rings is 1. The van der Waals surface area contributed by atoms with E-state index in [-0.39, 0.29) is 5.91 Å². The van der Waals surface area contributed by atoms with Gasteiger partial charge >= 0.3 is 0 Å². The van der Waals surface area contributed by atoms with Gasteiger partial charge in [0, 0.05) is 11.0 Å². The summed E-state index contributed by atoms with van der Waals surface area (Å²) in [6.45, 7) is 3.23. The van der Waals surface area contributed by atoms with Crippen LogP contribution in [0.25, 0.3) is 0 Å². The summed E-state index contributed by atoms with van der Waals surface area (Å²) in [6, 6.07) is 7.47. The van der Waals surface area contributed by atoms with Crippen LogP contribution >= 0.6 is 15.9 Å². The quantitative estimate of drug-likeness (QED) is 0.878. The van der Waals surface area contributed by atoms with Crippen molar-refractivity contribution in [1.82, 2.24) is 4.90 Å². The minimum Gasteiger partial charge on any atom is -0.442 e. The van der Waals surface area contributed by atoms with Crippen LogP contribution in [0, 0.1) is 6.92 Å². The summed E-state index contributed by atoms with van der Waals surface area (Å²) in [4.78, 5) is 23.5. The number of halogens is 1. The minimum atomic E-state index is -0.231. The molecular formula is C16H13BrN4O2. The Hall–Kier alpha value is -2.41. The van der Waals surface area contributed by atoms with Gasteiger partial charge in [0.1, 0.15) is 17.9 Å². The second-order valence-electron chi connectivity index (χ2n) is 5.29. The van der Waals surface area contributed by atoms with Crippen molar-refractivity contribution in [3.05, 3.63) is 45.6 Å². The van der Waals surface area contributed by atoms with E-state index < -0.39 is 0 Å². The van der Waals surface area contributed by atoms with Crippen molar-refractivity contribution in [2.75, 3.05) is 18.4 Å². The molecule has 7 heteroatoms. The van der Waals surface area contributed by atoms with Crippen molar-refractivity contribution in [2.45, 2.75) is 6.92 Å². The van der Waals surface area contributed by atoms with E-state index in [0.717, 1.165) is 16.9 Å². The van der Waals surface area contributed by atoms with Gasteiger partial charge in [-0.1, -0.05) is 12.1 Å². The molecule has 0 aliphatic carbocycles. The van der Waals surface area contributed by atoms with E-state index in [9.17, 15) is 4.79 Å². The Labute approximate surface area is 141 Å². The number of aliphatic imine (C=N–C) groups is 2. The van der Waals surface area contributed by atoms with Gasteiger partial charge in [-0.25, -0.2) is 4.99 Å². The largest absolute Gasteiger partial charge is 0.442 e. The molecule has 0 unspecified atom stereocenters. The van der Waals surface area contributed by atoms with Gasteiger partial charge in [-0.3, -0.25) is 9.79 Å². The predicted octanol–water partition coefficient (Wildman–Crippen LogP) is 3.34. The molecule has 6 nitrogen and oxygen atoms in total. The highest BCUT2D eigenvalue weighted by atomic mass is 79.9. The standard InChI is InChI=1S/C16H13BrN4O2/c1-9-12(15(22)20-11-5-3-2-4-10(11)17)13-14-18-6-7-21(14)8-19-16(13)23-9/h2-5,8H,6-7H2,1H3,(H,20,22). The number of rotatable bonds is 2. The summed E-state index contributed by atoms with van der Waals surface area (Å²) in [5.41, 5.74) is 1.86. The predicted molar refractivity (Wildman–Crippen MR) is 91.8 cm³/mol. The van der Waals surface area contributed by atoms with Gasteiger partial charge in [0.2, 0.25) is 5.88 Å². The van der Waals surface area contributed by atoms with Crippen LogP contribution in [0.1, 0.15) is 21.7 Å². The third-order valence-corrected chi connectivity index (χ3v) is 4.52. The number of hydrogen-bond acceptors (Lipinski definition) is 5. The van der Waals surface area contributed by atoms with Crippen LogP contribution in [0.5, 0.6) is 0 Å².